The molecule has 1 rings (SSSR count). The standard InChI is InChI=1S/C14H22BrP/c1-3-5-11-16(12-6-4-2)14-9-7-13(15)8-10-14/h7-10H,3-6,11-12H2,1-2H3. The lowest BCUT2D eigenvalue weighted by Crippen LogP contribution is -2.06. The summed E-state index contributed by atoms with van der Waals surface area (Å²) in [4.78, 5) is 0. The summed E-state index contributed by atoms with van der Waals surface area (Å²) in [7, 11) is 0.0992. The van der Waals surface area contributed by atoms with Gasteiger partial charge in [-0.15, -0.1) is 0 Å². The van der Waals surface area contributed by atoms with Crippen molar-refractivity contribution in [2.45, 2.75) is 39.5 Å². The second-order valence-electron chi connectivity index (χ2n) is 4.17. The Morgan fingerprint density at radius 2 is 1.44 bits per heavy atom. The van der Waals surface area contributed by atoms with Gasteiger partial charge in [-0.1, -0.05) is 62.7 Å². The third kappa shape index (κ3) is 4.97. The average Bonchev–Trinajstić information content (AvgIpc) is 2.31. The molecule has 0 aliphatic carbocycles. The molecule has 2 heteroatoms. The zero-order valence-electron chi connectivity index (χ0n) is 10.4. The van der Waals surface area contributed by atoms with E-state index in [-0.39, 0.29) is 7.92 Å². The minimum absolute atomic E-state index is 0.0992. The average molecular weight is 301 g/mol. The molecule has 90 valence electrons. The zero-order chi connectivity index (χ0) is 11.8. The summed E-state index contributed by atoms with van der Waals surface area (Å²) < 4.78 is 1.19. The molecule has 1 aromatic carbocycles. The number of hydrogen-bond acceptors (Lipinski definition) is 0. The summed E-state index contributed by atoms with van der Waals surface area (Å²) in [6, 6.07) is 8.98. The highest BCUT2D eigenvalue weighted by atomic mass is 79.9. The monoisotopic (exact) mass is 300 g/mol. The van der Waals surface area contributed by atoms with E-state index in [9.17, 15) is 0 Å². The van der Waals surface area contributed by atoms with E-state index in [4.69, 9.17) is 0 Å². The van der Waals surface area contributed by atoms with Gasteiger partial charge < -0.3 is 0 Å². The second-order valence-corrected chi connectivity index (χ2v) is 7.58. The third-order valence-electron chi connectivity index (χ3n) is 2.75. The molecule has 0 radical (unpaired) electrons. The van der Waals surface area contributed by atoms with Gasteiger partial charge in [0, 0.05) is 4.47 Å². The van der Waals surface area contributed by atoms with Crippen molar-refractivity contribution >= 4 is 29.2 Å². The maximum atomic E-state index is 3.51. The zero-order valence-corrected chi connectivity index (χ0v) is 12.9. The summed E-state index contributed by atoms with van der Waals surface area (Å²) in [5.41, 5.74) is 0. The summed E-state index contributed by atoms with van der Waals surface area (Å²) in [5.74, 6) is 0. The maximum Gasteiger partial charge on any atom is 0.0175 e. The lowest BCUT2D eigenvalue weighted by Gasteiger charge is -2.17. The highest BCUT2D eigenvalue weighted by Gasteiger charge is 2.09. The van der Waals surface area contributed by atoms with Crippen LogP contribution in [0.2, 0.25) is 0 Å². The molecule has 0 amide bonds. The SMILES string of the molecule is CCCCP(CCCC)c1ccc(Br)cc1. The smallest absolute Gasteiger partial charge is 0.0175 e. The molecule has 0 aliphatic heterocycles. The Kier molecular flexibility index (Phi) is 7.32. The number of unbranched alkanes of at least 4 members (excludes halogenated alkanes) is 2. The molecule has 0 nitrogen and oxygen atoms in total. The van der Waals surface area contributed by atoms with Gasteiger partial charge in [-0.05, 0) is 42.6 Å². The number of benzene rings is 1. The van der Waals surface area contributed by atoms with Crippen LogP contribution in [0.3, 0.4) is 0 Å². The first kappa shape index (κ1) is 14.2. The van der Waals surface area contributed by atoms with Crippen LogP contribution in [0, 0.1) is 0 Å². The van der Waals surface area contributed by atoms with E-state index in [0.717, 1.165) is 0 Å². The van der Waals surface area contributed by atoms with Crippen LogP contribution in [0.25, 0.3) is 0 Å². The van der Waals surface area contributed by atoms with Crippen LogP contribution in [-0.2, 0) is 0 Å². The Labute approximate surface area is 110 Å². The number of rotatable bonds is 7. The van der Waals surface area contributed by atoms with E-state index in [1.54, 1.807) is 5.30 Å². The van der Waals surface area contributed by atoms with E-state index in [2.05, 4.69) is 54.0 Å². The quantitative estimate of drug-likeness (QED) is 0.610. The van der Waals surface area contributed by atoms with Crippen molar-refractivity contribution in [3.8, 4) is 0 Å². The fourth-order valence-electron chi connectivity index (χ4n) is 1.72. The van der Waals surface area contributed by atoms with Crippen molar-refractivity contribution in [3.05, 3.63) is 28.7 Å². The summed E-state index contributed by atoms with van der Waals surface area (Å²) in [6.07, 6.45) is 8.22. The van der Waals surface area contributed by atoms with Crippen LogP contribution in [0.1, 0.15) is 39.5 Å². The molecule has 0 saturated heterocycles. The number of hydrogen-bond donors (Lipinski definition) is 0. The van der Waals surface area contributed by atoms with Gasteiger partial charge in [0.1, 0.15) is 0 Å². The second kappa shape index (κ2) is 8.25. The van der Waals surface area contributed by atoms with Crippen molar-refractivity contribution in [2.24, 2.45) is 0 Å². The van der Waals surface area contributed by atoms with Gasteiger partial charge in [-0.25, -0.2) is 0 Å². The Morgan fingerprint density at radius 1 is 0.938 bits per heavy atom. The molecular formula is C14H22BrP. The molecule has 0 aromatic heterocycles. The van der Waals surface area contributed by atoms with Crippen molar-refractivity contribution in [3.63, 3.8) is 0 Å². The molecule has 0 fully saturated rings. The summed E-state index contributed by atoms with van der Waals surface area (Å²) >= 11 is 3.51. The van der Waals surface area contributed by atoms with Crippen LogP contribution in [-0.4, -0.2) is 12.3 Å². The fraction of sp³-hybridized carbons (Fsp3) is 0.571. The van der Waals surface area contributed by atoms with E-state index < -0.39 is 0 Å². The van der Waals surface area contributed by atoms with Gasteiger partial charge in [0.25, 0.3) is 0 Å². The molecule has 0 bridgehead atoms. The molecule has 0 saturated carbocycles. The van der Waals surface area contributed by atoms with Gasteiger partial charge in [-0.3, -0.25) is 0 Å². The van der Waals surface area contributed by atoms with Crippen molar-refractivity contribution < 1.29 is 0 Å². The molecule has 0 unspecified atom stereocenters. The van der Waals surface area contributed by atoms with Crippen molar-refractivity contribution in [1.29, 1.82) is 0 Å². The van der Waals surface area contributed by atoms with Crippen LogP contribution in [0.15, 0.2) is 28.7 Å². The molecular weight excluding hydrogens is 279 g/mol. The van der Waals surface area contributed by atoms with E-state index in [1.807, 2.05) is 0 Å². The normalized spacial score (nSPS) is 11.0. The van der Waals surface area contributed by atoms with Crippen molar-refractivity contribution in [1.82, 2.24) is 0 Å². The molecule has 0 spiro atoms. The van der Waals surface area contributed by atoms with E-state index in [0.29, 0.717) is 0 Å². The van der Waals surface area contributed by atoms with E-state index >= 15 is 0 Å². The lowest BCUT2D eigenvalue weighted by molar-refractivity contribution is 0.870. The highest BCUT2D eigenvalue weighted by molar-refractivity contribution is 9.10. The van der Waals surface area contributed by atoms with Gasteiger partial charge in [0.15, 0.2) is 0 Å². The van der Waals surface area contributed by atoms with Crippen LogP contribution in [0.4, 0.5) is 0 Å². The molecule has 16 heavy (non-hydrogen) atoms. The Morgan fingerprint density at radius 3 is 1.88 bits per heavy atom. The molecule has 0 heterocycles. The van der Waals surface area contributed by atoms with Gasteiger partial charge >= 0.3 is 0 Å². The molecule has 0 N–H and O–H groups in total. The first-order valence-electron chi connectivity index (χ1n) is 6.28. The molecule has 1 aromatic rings. The Balaban J connectivity index is 2.62. The van der Waals surface area contributed by atoms with Gasteiger partial charge in [0.2, 0.25) is 0 Å². The predicted octanol–water partition coefficient (Wildman–Crippen LogP) is 5.16. The van der Waals surface area contributed by atoms with Crippen LogP contribution >= 0.6 is 23.9 Å². The maximum absolute atomic E-state index is 3.51. The minimum atomic E-state index is 0.0992. The predicted molar refractivity (Wildman–Crippen MR) is 80.2 cm³/mol. The number of halogens is 1. The van der Waals surface area contributed by atoms with E-state index in [1.165, 1.54) is 42.5 Å². The van der Waals surface area contributed by atoms with Gasteiger partial charge in [0.05, 0.1) is 0 Å². The Bertz CT molecular complexity index is 273. The first-order chi connectivity index (χ1) is 7.77. The summed E-state index contributed by atoms with van der Waals surface area (Å²) in [6.45, 7) is 4.57. The molecule has 0 atom stereocenters. The lowest BCUT2D eigenvalue weighted by atomic mass is 10.4. The fourth-order valence-corrected chi connectivity index (χ4v) is 4.69. The Hall–Kier alpha value is 0.130. The third-order valence-corrected chi connectivity index (χ3v) is 6.02. The van der Waals surface area contributed by atoms with Gasteiger partial charge in [-0.2, -0.15) is 0 Å². The first-order valence-corrected chi connectivity index (χ1v) is 8.79. The topological polar surface area (TPSA) is 0 Å². The van der Waals surface area contributed by atoms with Crippen LogP contribution < -0.4 is 5.30 Å². The highest BCUT2D eigenvalue weighted by Crippen LogP contribution is 2.36. The van der Waals surface area contributed by atoms with Crippen LogP contribution in [0.5, 0.6) is 0 Å². The largest absolute Gasteiger partial charge is 0.0753 e. The minimum Gasteiger partial charge on any atom is -0.0753 e. The molecule has 0 aliphatic rings. The van der Waals surface area contributed by atoms with Crippen molar-refractivity contribution in [2.75, 3.05) is 12.3 Å². The summed E-state index contributed by atoms with van der Waals surface area (Å²) in [5, 5.41) is 1.58.